The van der Waals surface area contributed by atoms with E-state index in [2.05, 4.69) is 9.80 Å². The minimum absolute atomic E-state index is 0.188. The van der Waals surface area contributed by atoms with Gasteiger partial charge in [0.1, 0.15) is 25.4 Å². The lowest BCUT2D eigenvalue weighted by Crippen LogP contribution is -2.62. The highest BCUT2D eigenvalue weighted by Crippen LogP contribution is 2.33. The Balaban J connectivity index is 1.52. The molecular weight excluding hydrogens is 320 g/mol. The van der Waals surface area contributed by atoms with Crippen LogP contribution in [0.25, 0.3) is 0 Å². The van der Waals surface area contributed by atoms with Crippen molar-refractivity contribution in [3.63, 3.8) is 0 Å². The summed E-state index contributed by atoms with van der Waals surface area (Å²) >= 11 is 0. The molecule has 0 atom stereocenters. The molecule has 1 aromatic carbocycles. The van der Waals surface area contributed by atoms with E-state index in [1.807, 2.05) is 18.2 Å². The van der Waals surface area contributed by atoms with E-state index in [0.29, 0.717) is 6.61 Å². The second kappa shape index (κ2) is 8.23. The fourth-order valence-electron chi connectivity index (χ4n) is 3.93. The van der Waals surface area contributed by atoms with Crippen LogP contribution in [0.4, 0.5) is 11.4 Å². The molecule has 3 rings (SSSR count). The molecule has 140 valence electrons. The molecule has 2 aliphatic rings. The van der Waals surface area contributed by atoms with E-state index in [0.717, 1.165) is 80.5 Å². The molecule has 0 aromatic heterocycles. The molecule has 25 heavy (non-hydrogen) atoms. The highest BCUT2D eigenvalue weighted by Gasteiger charge is 2.32. The van der Waals surface area contributed by atoms with Crippen molar-refractivity contribution < 1.29 is 19.4 Å². The number of rotatable bonds is 7. The van der Waals surface area contributed by atoms with Gasteiger partial charge in [0.25, 0.3) is 0 Å². The lowest BCUT2D eigenvalue weighted by atomic mass is 10.2. The van der Waals surface area contributed by atoms with Crippen molar-refractivity contribution in [2.45, 2.75) is 0 Å². The van der Waals surface area contributed by atoms with Gasteiger partial charge in [0, 0.05) is 37.9 Å². The maximum atomic E-state index is 9.32. The molecule has 1 fully saturated rings. The summed E-state index contributed by atoms with van der Waals surface area (Å²) in [6, 6.07) is 5.87. The molecule has 7 heteroatoms. The van der Waals surface area contributed by atoms with Gasteiger partial charge in [0.15, 0.2) is 0 Å². The molecule has 2 aliphatic heterocycles. The Morgan fingerprint density at radius 3 is 2.44 bits per heavy atom. The zero-order valence-corrected chi connectivity index (χ0v) is 14.9. The molecule has 2 heterocycles. The van der Waals surface area contributed by atoms with Crippen LogP contribution in [-0.2, 0) is 0 Å². The molecule has 4 N–H and O–H groups in total. The Morgan fingerprint density at radius 2 is 1.76 bits per heavy atom. The summed E-state index contributed by atoms with van der Waals surface area (Å²) < 4.78 is 6.56. The predicted molar refractivity (Wildman–Crippen MR) is 98.9 cm³/mol. The summed E-state index contributed by atoms with van der Waals surface area (Å²) in [4.78, 5) is 4.86. The highest BCUT2D eigenvalue weighted by molar-refractivity contribution is 5.65. The Labute approximate surface area is 149 Å². The number of nitrogens with two attached hydrogens (primary N) is 1. The van der Waals surface area contributed by atoms with E-state index < -0.39 is 0 Å². The third kappa shape index (κ3) is 4.36. The molecule has 0 saturated carbocycles. The first-order valence-electron chi connectivity index (χ1n) is 9.22. The minimum Gasteiger partial charge on any atom is -0.489 e. The second-order valence-corrected chi connectivity index (χ2v) is 7.09. The summed E-state index contributed by atoms with van der Waals surface area (Å²) in [6.07, 6.45) is 0. The van der Waals surface area contributed by atoms with Gasteiger partial charge in [-0.1, -0.05) is 0 Å². The zero-order chi connectivity index (χ0) is 17.7. The minimum atomic E-state index is 0.188. The van der Waals surface area contributed by atoms with Crippen molar-refractivity contribution in [3.8, 4) is 5.75 Å². The van der Waals surface area contributed by atoms with Crippen LogP contribution in [0.2, 0.25) is 0 Å². The standard InChI is InChI=1S/C18H31N4O3/c19-16-1-2-17-18(15-16)25-14-7-21(17)4-3-20-5-8-22(9-6-20,10-12-23)11-13-24/h1-2,15,23-24H,3-14,19H2/q+1. The lowest BCUT2D eigenvalue weighted by Gasteiger charge is -2.44. The van der Waals surface area contributed by atoms with Crippen LogP contribution in [0.1, 0.15) is 0 Å². The quantitative estimate of drug-likeness (QED) is 0.457. The topological polar surface area (TPSA) is 82.2 Å². The van der Waals surface area contributed by atoms with Crippen LogP contribution in [0.3, 0.4) is 0 Å². The molecule has 0 bridgehead atoms. The van der Waals surface area contributed by atoms with Gasteiger partial charge in [-0.05, 0) is 12.1 Å². The van der Waals surface area contributed by atoms with E-state index in [1.54, 1.807) is 0 Å². The predicted octanol–water partition coefficient (Wildman–Crippen LogP) is -0.415. The van der Waals surface area contributed by atoms with Crippen LogP contribution in [0, 0.1) is 0 Å². The highest BCUT2D eigenvalue weighted by atomic mass is 16.5. The second-order valence-electron chi connectivity index (χ2n) is 7.09. The van der Waals surface area contributed by atoms with Gasteiger partial charge in [0.2, 0.25) is 0 Å². The molecule has 0 radical (unpaired) electrons. The fraction of sp³-hybridized carbons (Fsp3) is 0.667. The first-order valence-corrected chi connectivity index (χ1v) is 9.22. The number of nitrogen functional groups attached to an aromatic ring is 1. The van der Waals surface area contributed by atoms with Crippen LogP contribution in [0.5, 0.6) is 5.75 Å². The summed E-state index contributed by atoms with van der Waals surface area (Å²) in [6.45, 7) is 9.47. The summed E-state index contributed by atoms with van der Waals surface area (Å²) in [5, 5.41) is 18.6. The first-order chi connectivity index (χ1) is 12.2. The molecule has 7 nitrogen and oxygen atoms in total. The SMILES string of the molecule is Nc1ccc2c(c1)OCCN2CCN1CC[N+](CCO)(CCO)CC1. The number of fused-ring (bicyclic) bond motifs is 1. The van der Waals surface area contributed by atoms with Gasteiger partial charge >= 0.3 is 0 Å². The number of benzene rings is 1. The van der Waals surface area contributed by atoms with Crippen molar-refractivity contribution in [1.29, 1.82) is 0 Å². The number of anilines is 2. The normalized spacial score (nSPS) is 20.2. The zero-order valence-electron chi connectivity index (χ0n) is 14.9. The molecule has 0 unspecified atom stereocenters. The number of hydrogen-bond donors (Lipinski definition) is 3. The van der Waals surface area contributed by atoms with Gasteiger partial charge in [0.05, 0.1) is 38.5 Å². The summed E-state index contributed by atoms with van der Waals surface area (Å²) in [5.41, 5.74) is 7.71. The van der Waals surface area contributed by atoms with Crippen LogP contribution in [-0.4, -0.2) is 98.3 Å². The summed E-state index contributed by atoms with van der Waals surface area (Å²) in [5.74, 6) is 0.881. The fourth-order valence-corrected chi connectivity index (χ4v) is 3.93. The van der Waals surface area contributed by atoms with Crippen LogP contribution >= 0.6 is 0 Å². The molecule has 0 amide bonds. The first kappa shape index (κ1) is 18.3. The number of quaternary nitrogens is 1. The molecule has 1 aromatic rings. The van der Waals surface area contributed by atoms with Crippen molar-refractivity contribution >= 4 is 11.4 Å². The number of aliphatic hydroxyl groups excluding tert-OH is 2. The molecule has 0 aliphatic carbocycles. The van der Waals surface area contributed by atoms with Gasteiger partial charge in [-0.2, -0.15) is 0 Å². The number of piperazine rings is 1. The maximum absolute atomic E-state index is 9.32. The van der Waals surface area contributed by atoms with Gasteiger partial charge in [-0.3, -0.25) is 4.90 Å². The number of hydrogen-bond acceptors (Lipinski definition) is 6. The molecular formula is C18H31N4O3+. The maximum Gasteiger partial charge on any atom is 0.144 e. The largest absolute Gasteiger partial charge is 0.489 e. The Bertz CT molecular complexity index is 553. The van der Waals surface area contributed by atoms with Crippen LogP contribution < -0.4 is 15.4 Å². The third-order valence-electron chi connectivity index (χ3n) is 5.56. The monoisotopic (exact) mass is 351 g/mol. The van der Waals surface area contributed by atoms with Gasteiger partial charge in [-0.15, -0.1) is 0 Å². The van der Waals surface area contributed by atoms with Gasteiger partial charge < -0.3 is 30.1 Å². The van der Waals surface area contributed by atoms with Crippen molar-refractivity contribution in [3.05, 3.63) is 18.2 Å². The Hall–Kier alpha value is -1.54. The van der Waals surface area contributed by atoms with E-state index in [-0.39, 0.29) is 13.2 Å². The third-order valence-corrected chi connectivity index (χ3v) is 5.56. The lowest BCUT2D eigenvalue weighted by molar-refractivity contribution is -0.932. The van der Waals surface area contributed by atoms with Crippen molar-refractivity contribution in [2.75, 3.05) is 89.4 Å². The average molecular weight is 351 g/mol. The number of nitrogens with zero attached hydrogens (tertiary/aromatic N) is 3. The van der Waals surface area contributed by atoms with Crippen molar-refractivity contribution in [1.82, 2.24) is 4.90 Å². The molecule has 1 saturated heterocycles. The molecule has 0 spiro atoms. The van der Waals surface area contributed by atoms with E-state index in [1.165, 1.54) is 0 Å². The summed E-state index contributed by atoms with van der Waals surface area (Å²) in [7, 11) is 0. The average Bonchev–Trinajstić information content (AvgIpc) is 2.61. The number of ether oxygens (including phenoxy) is 1. The Kier molecular flexibility index (Phi) is 6.01. The van der Waals surface area contributed by atoms with E-state index in [9.17, 15) is 10.2 Å². The number of aliphatic hydroxyl groups is 2. The smallest absolute Gasteiger partial charge is 0.144 e. The van der Waals surface area contributed by atoms with Crippen molar-refractivity contribution in [2.24, 2.45) is 0 Å². The van der Waals surface area contributed by atoms with Crippen LogP contribution in [0.15, 0.2) is 18.2 Å². The van der Waals surface area contributed by atoms with E-state index in [4.69, 9.17) is 10.5 Å². The van der Waals surface area contributed by atoms with E-state index >= 15 is 0 Å². The van der Waals surface area contributed by atoms with Gasteiger partial charge in [-0.25, -0.2) is 0 Å². The Morgan fingerprint density at radius 1 is 1.04 bits per heavy atom.